The summed E-state index contributed by atoms with van der Waals surface area (Å²) >= 11 is 6.79. The summed E-state index contributed by atoms with van der Waals surface area (Å²) < 4.78 is 18.8. The molecule has 132 valence electrons. The molecule has 0 aliphatic heterocycles. The van der Waals surface area contributed by atoms with Gasteiger partial charge in [0.15, 0.2) is 0 Å². The molecule has 0 radical (unpaired) electrons. The first-order chi connectivity index (χ1) is 10.7. The molecule has 0 saturated heterocycles. The van der Waals surface area contributed by atoms with Gasteiger partial charge in [0.05, 0.1) is 11.0 Å². The first-order valence-electron chi connectivity index (χ1n) is 7.34. The van der Waals surface area contributed by atoms with E-state index in [1.165, 1.54) is 6.07 Å². The fourth-order valence-corrected chi connectivity index (χ4v) is 4.99. The zero-order chi connectivity index (χ0) is 17.6. The largest absolute Gasteiger partial charge is 0.341 e. The van der Waals surface area contributed by atoms with Crippen molar-refractivity contribution in [3.8, 4) is 0 Å². The lowest BCUT2D eigenvalue weighted by atomic mass is 10.3. The molecular formula is C13H23ClN3O4PS. The van der Waals surface area contributed by atoms with E-state index in [-0.39, 0.29) is 23.0 Å². The first-order valence-corrected chi connectivity index (χ1v) is 10.3. The third-order valence-electron chi connectivity index (χ3n) is 3.12. The van der Waals surface area contributed by atoms with Crippen molar-refractivity contribution >= 4 is 35.6 Å². The van der Waals surface area contributed by atoms with Crippen molar-refractivity contribution in [2.45, 2.75) is 52.3 Å². The second-order valence-electron chi connectivity index (χ2n) is 5.36. The van der Waals surface area contributed by atoms with E-state index >= 15 is 0 Å². The minimum atomic E-state index is -3.35. The van der Waals surface area contributed by atoms with Crippen LogP contribution in [0.4, 0.5) is 5.00 Å². The lowest BCUT2D eigenvalue weighted by molar-refractivity contribution is -0.380. The van der Waals surface area contributed by atoms with Crippen molar-refractivity contribution in [2.75, 3.05) is 5.88 Å². The van der Waals surface area contributed by atoms with E-state index in [1.807, 2.05) is 20.8 Å². The van der Waals surface area contributed by atoms with Crippen LogP contribution in [0.3, 0.4) is 0 Å². The predicted molar refractivity (Wildman–Crippen MR) is 94.3 cm³/mol. The van der Waals surface area contributed by atoms with Crippen LogP contribution in [-0.4, -0.2) is 22.9 Å². The summed E-state index contributed by atoms with van der Waals surface area (Å²) in [7, 11) is -3.35. The van der Waals surface area contributed by atoms with Crippen molar-refractivity contribution in [1.82, 2.24) is 10.2 Å². The summed E-state index contributed by atoms with van der Waals surface area (Å²) in [5, 5.41) is 16.7. The maximum Gasteiger partial charge on any atom is 0.341 e. The van der Waals surface area contributed by atoms with Gasteiger partial charge in [-0.05, 0) is 33.3 Å². The molecule has 2 N–H and O–H groups in total. The number of nitrogens with zero attached hydrogens (tertiary/aromatic N) is 1. The van der Waals surface area contributed by atoms with E-state index in [0.717, 1.165) is 17.8 Å². The smallest absolute Gasteiger partial charge is 0.297 e. The van der Waals surface area contributed by atoms with E-state index in [1.54, 1.807) is 13.0 Å². The summed E-state index contributed by atoms with van der Waals surface area (Å²) in [6.45, 7) is 7.40. The summed E-state index contributed by atoms with van der Waals surface area (Å²) in [4.78, 5) is 11.0. The van der Waals surface area contributed by atoms with Gasteiger partial charge in [-0.15, -0.1) is 11.6 Å². The molecule has 0 amide bonds. The molecule has 1 heterocycles. The molecule has 0 fully saturated rings. The van der Waals surface area contributed by atoms with Gasteiger partial charge >= 0.3 is 12.7 Å². The molecule has 2 unspecified atom stereocenters. The number of hydrogen-bond acceptors (Lipinski definition) is 5. The Morgan fingerprint density at radius 1 is 1.35 bits per heavy atom. The molecule has 1 rings (SSSR count). The molecule has 7 nitrogen and oxygen atoms in total. The van der Waals surface area contributed by atoms with E-state index < -0.39 is 18.7 Å². The lowest BCUT2D eigenvalue weighted by Crippen LogP contribution is -2.35. The minimum absolute atomic E-state index is 0.0132. The Kier molecular flexibility index (Phi) is 8.13. The van der Waals surface area contributed by atoms with Crippen LogP contribution in [0, 0.1) is 10.1 Å². The average Bonchev–Trinajstić information content (AvgIpc) is 2.96. The molecule has 0 spiro atoms. The van der Waals surface area contributed by atoms with Gasteiger partial charge in [0.25, 0.3) is 0 Å². The van der Waals surface area contributed by atoms with Crippen LogP contribution in [0.5, 0.6) is 0 Å². The van der Waals surface area contributed by atoms with Crippen molar-refractivity contribution in [1.29, 1.82) is 0 Å². The Bertz CT molecular complexity index is 555. The van der Waals surface area contributed by atoms with E-state index in [4.69, 9.17) is 16.1 Å². The minimum Gasteiger partial charge on any atom is -0.297 e. The molecular weight excluding hydrogens is 361 g/mol. The van der Waals surface area contributed by atoms with Crippen LogP contribution < -0.4 is 10.2 Å². The van der Waals surface area contributed by atoms with Crippen molar-refractivity contribution in [3.63, 3.8) is 0 Å². The number of thiophene rings is 1. The highest BCUT2D eigenvalue weighted by molar-refractivity contribution is 7.54. The van der Waals surface area contributed by atoms with Gasteiger partial charge in [0.1, 0.15) is 0 Å². The maximum absolute atomic E-state index is 13.0. The Balaban J connectivity index is 2.89. The van der Waals surface area contributed by atoms with Gasteiger partial charge in [-0.2, -0.15) is 0 Å². The normalized spacial score (nSPS) is 18.1. The van der Waals surface area contributed by atoms with Crippen molar-refractivity contribution < 1.29 is 14.0 Å². The topological polar surface area (TPSA) is 93.5 Å². The second-order valence-corrected chi connectivity index (χ2v) is 8.59. The number of nitrogens with one attached hydrogen (secondary N) is 2. The predicted octanol–water partition coefficient (Wildman–Crippen LogP) is 4.45. The standard InChI is InChI=1S/C13H23ClN3O4PS/c1-5-9(2)15-22(20,16-10(3)8-14)21-11(4)12-6-7-13(23-12)17(18)19/h6-7,9-11H,5,8H2,1-4H3,(H2,15,16,20)/t9-,10-,11?,22?/m1/s1. The quantitative estimate of drug-likeness (QED) is 0.268. The van der Waals surface area contributed by atoms with Crippen LogP contribution in [0.1, 0.15) is 45.1 Å². The van der Waals surface area contributed by atoms with Gasteiger partial charge in [-0.25, -0.2) is 10.2 Å². The molecule has 23 heavy (non-hydrogen) atoms. The second kappa shape index (κ2) is 9.11. The molecule has 1 aromatic heterocycles. The van der Waals surface area contributed by atoms with Crippen LogP contribution in [0.2, 0.25) is 0 Å². The molecule has 0 saturated carbocycles. The summed E-state index contributed by atoms with van der Waals surface area (Å²) in [5.74, 6) is 0.286. The Morgan fingerprint density at radius 3 is 2.43 bits per heavy atom. The highest BCUT2D eigenvalue weighted by atomic mass is 35.5. The van der Waals surface area contributed by atoms with Crippen LogP contribution in [0.25, 0.3) is 0 Å². The fourth-order valence-electron chi connectivity index (χ4n) is 1.74. The molecule has 0 bridgehead atoms. The number of hydrogen-bond donors (Lipinski definition) is 2. The third-order valence-corrected chi connectivity index (χ3v) is 6.96. The van der Waals surface area contributed by atoms with Crippen LogP contribution in [-0.2, 0) is 9.09 Å². The number of rotatable bonds is 10. The third kappa shape index (κ3) is 6.49. The van der Waals surface area contributed by atoms with Gasteiger partial charge in [-0.3, -0.25) is 19.2 Å². The first kappa shape index (κ1) is 20.5. The zero-order valence-corrected chi connectivity index (χ0v) is 16.1. The van der Waals surface area contributed by atoms with Gasteiger partial charge in [-0.1, -0.05) is 18.3 Å². The maximum atomic E-state index is 13.0. The number of nitro groups is 1. The van der Waals surface area contributed by atoms with E-state index in [2.05, 4.69) is 10.2 Å². The summed E-state index contributed by atoms with van der Waals surface area (Å²) in [6.07, 6.45) is 0.231. The van der Waals surface area contributed by atoms with Gasteiger partial charge < -0.3 is 0 Å². The molecule has 0 aromatic carbocycles. The highest BCUT2D eigenvalue weighted by Gasteiger charge is 2.30. The molecule has 4 atom stereocenters. The van der Waals surface area contributed by atoms with E-state index in [9.17, 15) is 14.7 Å². The number of alkyl halides is 1. The Morgan fingerprint density at radius 2 is 1.96 bits per heavy atom. The van der Waals surface area contributed by atoms with Crippen LogP contribution in [0.15, 0.2) is 12.1 Å². The molecule has 1 aromatic rings. The van der Waals surface area contributed by atoms with Crippen molar-refractivity contribution in [2.24, 2.45) is 0 Å². The van der Waals surface area contributed by atoms with Gasteiger partial charge in [0, 0.05) is 28.9 Å². The van der Waals surface area contributed by atoms with E-state index in [0.29, 0.717) is 4.88 Å². The SMILES string of the molecule is CC[C@@H](C)NP(=O)(N[C@H](C)CCl)OC(C)c1ccc([N+](=O)[O-])s1. The van der Waals surface area contributed by atoms with Crippen LogP contribution >= 0.6 is 30.6 Å². The fraction of sp³-hybridized carbons (Fsp3) is 0.692. The zero-order valence-electron chi connectivity index (χ0n) is 13.6. The Hall–Kier alpha value is -0.500. The Labute approximate surface area is 145 Å². The molecule has 0 aliphatic carbocycles. The van der Waals surface area contributed by atoms with Gasteiger partial charge in [0.2, 0.25) is 0 Å². The average molecular weight is 384 g/mol. The monoisotopic (exact) mass is 383 g/mol. The summed E-state index contributed by atoms with van der Waals surface area (Å²) in [6, 6.07) is 2.82. The van der Waals surface area contributed by atoms with Crippen molar-refractivity contribution in [3.05, 3.63) is 27.1 Å². The lowest BCUT2D eigenvalue weighted by Gasteiger charge is -2.28. The number of halogens is 1. The molecule has 10 heteroatoms. The highest BCUT2D eigenvalue weighted by Crippen LogP contribution is 2.46. The molecule has 0 aliphatic rings. The summed E-state index contributed by atoms with van der Waals surface area (Å²) in [5.41, 5.74) is 0.